The molecule has 5 rings (SSSR count). The minimum absolute atomic E-state index is 0.0188. The number of esters is 1. The fraction of sp³-hybridized carbons (Fsp3) is 0.732. The molecular weight excluding hydrogens is 935 g/mol. The minimum Gasteiger partial charge on any atom is -0.460 e. The van der Waals surface area contributed by atoms with E-state index in [0.717, 1.165) is 24.1 Å². The molecule has 2 bridgehead atoms. The number of rotatable bonds is 9. The first-order chi connectivity index (χ1) is 34.6. The first-order valence-electron chi connectivity index (χ1n) is 26.7. The molecule has 3 aliphatic heterocycles. The van der Waals surface area contributed by atoms with Gasteiger partial charge in [-0.1, -0.05) is 76.3 Å². The monoisotopic (exact) mass is 1020 g/mol. The first kappa shape index (κ1) is 59.6. The summed E-state index contributed by atoms with van der Waals surface area (Å²) in [7, 11) is 8.63. The van der Waals surface area contributed by atoms with Gasteiger partial charge in [0.05, 0.1) is 42.3 Å². The molecule has 408 valence electrons. The van der Waals surface area contributed by atoms with Gasteiger partial charge in [-0.05, 0) is 121 Å². The van der Waals surface area contributed by atoms with E-state index in [0.29, 0.717) is 63.5 Å². The second-order valence-corrected chi connectivity index (χ2v) is 22.0. The fourth-order valence-electron chi connectivity index (χ4n) is 11.3. The molecular formula is C56H87N5O12. The van der Waals surface area contributed by atoms with Gasteiger partial charge in [-0.2, -0.15) is 0 Å². The summed E-state index contributed by atoms with van der Waals surface area (Å²) in [4.78, 5) is 74.7. The lowest BCUT2D eigenvalue weighted by atomic mass is 9.77. The van der Waals surface area contributed by atoms with Gasteiger partial charge >= 0.3 is 5.97 Å². The van der Waals surface area contributed by atoms with Crippen LogP contribution < -0.4 is 0 Å². The summed E-state index contributed by atoms with van der Waals surface area (Å²) < 4.78 is 32.0. The number of cyclic esters (lactones) is 1. The molecule has 1 unspecified atom stereocenters. The summed E-state index contributed by atoms with van der Waals surface area (Å²) in [6.07, 6.45) is 14.5. The number of hydrogen-bond donors (Lipinski definition) is 2. The van der Waals surface area contributed by atoms with Crippen molar-refractivity contribution in [2.45, 2.75) is 187 Å². The number of ketones is 3. The van der Waals surface area contributed by atoms with E-state index in [1.165, 1.54) is 12.0 Å². The van der Waals surface area contributed by atoms with E-state index in [4.69, 9.17) is 23.7 Å². The number of fused-ring (bicyclic) bond motifs is 3. The van der Waals surface area contributed by atoms with Gasteiger partial charge < -0.3 is 43.7 Å². The summed E-state index contributed by atoms with van der Waals surface area (Å²) in [6.45, 7) is 13.5. The van der Waals surface area contributed by atoms with Crippen LogP contribution in [0.4, 0.5) is 0 Å². The average molecular weight is 1020 g/mol. The number of piperidine rings is 1. The van der Waals surface area contributed by atoms with Gasteiger partial charge in [-0.25, -0.2) is 9.48 Å². The molecule has 1 amide bonds. The summed E-state index contributed by atoms with van der Waals surface area (Å²) >= 11 is 0. The zero-order chi connectivity index (χ0) is 53.7. The summed E-state index contributed by atoms with van der Waals surface area (Å²) in [5.74, 6) is -7.88. The quantitative estimate of drug-likeness (QED) is 0.195. The van der Waals surface area contributed by atoms with Gasteiger partial charge in [0.1, 0.15) is 18.2 Å². The Bertz CT molecular complexity index is 2150. The highest BCUT2D eigenvalue weighted by molar-refractivity contribution is 6.39. The van der Waals surface area contributed by atoms with Gasteiger partial charge in [-0.3, -0.25) is 19.2 Å². The molecule has 17 nitrogen and oxygen atoms in total. The normalized spacial score (nSPS) is 35.8. The lowest BCUT2D eigenvalue weighted by molar-refractivity contribution is -0.265. The van der Waals surface area contributed by atoms with Crippen molar-refractivity contribution < 1.29 is 57.9 Å². The Balaban J connectivity index is 1.45. The predicted molar refractivity (Wildman–Crippen MR) is 276 cm³/mol. The Kier molecular flexibility index (Phi) is 22.5. The van der Waals surface area contributed by atoms with Crippen LogP contribution in [0.1, 0.15) is 137 Å². The van der Waals surface area contributed by atoms with Gasteiger partial charge in [-0.15, -0.1) is 5.10 Å². The minimum atomic E-state index is -2.43. The van der Waals surface area contributed by atoms with Crippen molar-refractivity contribution in [3.63, 3.8) is 0 Å². The molecule has 2 N–H and O–H groups in total. The van der Waals surface area contributed by atoms with Crippen LogP contribution >= 0.6 is 0 Å². The number of nitrogens with zero attached hydrogens (tertiary/aromatic N) is 5. The first-order valence-corrected chi connectivity index (χ1v) is 26.7. The van der Waals surface area contributed by atoms with Gasteiger partial charge in [0.2, 0.25) is 5.79 Å². The van der Waals surface area contributed by atoms with E-state index in [1.807, 2.05) is 87.9 Å². The topological polar surface area (TPSA) is 209 Å². The molecule has 0 aromatic carbocycles. The molecule has 0 spiro atoms. The number of carbonyl (C=O) groups excluding carboxylic acids is 5. The molecule has 2 saturated heterocycles. The molecule has 1 saturated carbocycles. The molecule has 3 fully saturated rings. The van der Waals surface area contributed by atoms with Gasteiger partial charge in [0, 0.05) is 65.0 Å². The molecule has 4 aliphatic rings. The van der Waals surface area contributed by atoms with Crippen molar-refractivity contribution in [1.29, 1.82) is 0 Å². The van der Waals surface area contributed by atoms with Crippen molar-refractivity contribution in [1.82, 2.24) is 24.8 Å². The molecule has 4 heterocycles. The second-order valence-electron chi connectivity index (χ2n) is 22.0. The van der Waals surface area contributed by atoms with Crippen LogP contribution in [0, 0.1) is 35.5 Å². The van der Waals surface area contributed by atoms with Crippen molar-refractivity contribution in [2.75, 3.05) is 42.0 Å². The van der Waals surface area contributed by atoms with E-state index in [1.54, 1.807) is 41.1 Å². The highest BCUT2D eigenvalue weighted by Gasteiger charge is 2.53. The highest BCUT2D eigenvalue weighted by Crippen LogP contribution is 2.40. The number of carbonyl (C=O) groups is 5. The number of allylic oxidation sites excluding steroid dienone is 6. The fourth-order valence-corrected chi connectivity index (χ4v) is 11.3. The maximum Gasteiger partial charge on any atom is 0.329 e. The maximum atomic E-state index is 14.6. The Hall–Kier alpha value is -4.23. The molecule has 17 heteroatoms. The number of aliphatic hydroxyl groups is 2. The van der Waals surface area contributed by atoms with Crippen molar-refractivity contribution >= 4 is 29.2 Å². The third-order valence-electron chi connectivity index (χ3n) is 15.9. The molecule has 73 heavy (non-hydrogen) atoms. The molecule has 15 atom stereocenters. The third-order valence-corrected chi connectivity index (χ3v) is 15.9. The van der Waals surface area contributed by atoms with E-state index >= 15 is 0 Å². The lowest BCUT2D eigenvalue weighted by Crippen LogP contribution is -2.61. The van der Waals surface area contributed by atoms with Crippen LogP contribution in [-0.4, -0.2) is 155 Å². The van der Waals surface area contributed by atoms with Gasteiger partial charge in [0.15, 0.2) is 11.6 Å². The number of hydrogen-bond acceptors (Lipinski definition) is 15. The largest absolute Gasteiger partial charge is 0.460 e. The number of aromatic nitrogens is 3. The van der Waals surface area contributed by atoms with Crippen LogP contribution in [0.15, 0.2) is 53.8 Å². The standard InChI is InChI=1S/C56H87N5O12/c1-34-18-14-13-15-19-35(2)47(69-10)30-43-23-21-40(7)56(68,73-43)53(65)54(66)60-25-17-16-20-45(60)55(67)72-48(31-46(62)36(3)27-39(6)51(64)52(71-12)50(63)38(5)26-34)37(4)28-41-22-24-44(49(29-41)70-11)61-33-42(57-58-61)32-59(8)9/h13-15,18-19,27,33-34,37-41,43-45,47-49,51-52,64,68H,16-17,20-26,28-32H2,1-12H3/b15-13?,18-14?,35-19?,36-27+/t34-,37-,38-,39?,40-,41+,43+,44+,45+,47+,48+,49-,51-,52+,56-/m1/s1. The van der Waals surface area contributed by atoms with Gasteiger partial charge in [0.25, 0.3) is 11.7 Å². The second kappa shape index (κ2) is 27.5. The lowest BCUT2D eigenvalue weighted by Gasteiger charge is -2.42. The molecule has 0 radical (unpaired) electrons. The zero-order valence-electron chi connectivity index (χ0n) is 45.7. The summed E-state index contributed by atoms with van der Waals surface area (Å²) in [5, 5.41) is 32.4. The molecule has 1 aromatic rings. The van der Waals surface area contributed by atoms with E-state index in [9.17, 15) is 34.2 Å². The zero-order valence-corrected chi connectivity index (χ0v) is 45.7. The van der Waals surface area contributed by atoms with Crippen molar-refractivity contribution in [2.24, 2.45) is 35.5 Å². The highest BCUT2D eigenvalue weighted by atomic mass is 16.6. The van der Waals surface area contributed by atoms with Crippen LogP contribution in [0.25, 0.3) is 0 Å². The number of aliphatic hydroxyl groups excluding tert-OH is 1. The van der Waals surface area contributed by atoms with E-state index < -0.39 is 77.8 Å². The number of ether oxygens (including phenoxy) is 5. The Morgan fingerprint density at radius 1 is 0.904 bits per heavy atom. The van der Waals surface area contributed by atoms with Crippen LogP contribution in [0.5, 0.6) is 0 Å². The Labute approximate surface area is 434 Å². The van der Waals surface area contributed by atoms with Crippen LogP contribution in [0.2, 0.25) is 0 Å². The number of Topliss-reactive ketones (excluding diaryl/α,β-unsaturated/α-hetero) is 3. The smallest absolute Gasteiger partial charge is 0.329 e. The molecule has 1 aliphatic carbocycles. The van der Waals surface area contributed by atoms with Crippen molar-refractivity contribution in [3.8, 4) is 0 Å². The summed E-state index contributed by atoms with van der Waals surface area (Å²) in [5.41, 5.74) is 2.07. The van der Waals surface area contributed by atoms with E-state index in [-0.39, 0.29) is 60.9 Å². The SMILES string of the molecule is CO[C@H]1C[C@@H]2CC[C@@H](C)[C@@](O)(O2)C(=O)C(=O)N2CCCC[C@H]2C(=O)O[C@H]([C@H](C)C[C@@H]2CC[C@H](n3cc(CN(C)C)nn3)[C@H](OC)C2)CC(=O)/C(C)=C/C(C)[C@@H](O)[C@@H](OC)C(=O)[C@H](C)C[C@H](C)C=CC=CC=C1C. The molecule has 1 aromatic heterocycles. The summed E-state index contributed by atoms with van der Waals surface area (Å²) in [6, 6.07) is -1.17. The maximum absolute atomic E-state index is 14.6. The van der Waals surface area contributed by atoms with E-state index in [2.05, 4.69) is 10.3 Å². The number of methoxy groups -OCH3 is 3. The predicted octanol–water partition coefficient (Wildman–Crippen LogP) is 6.71. The number of amides is 1. The van der Waals surface area contributed by atoms with Crippen LogP contribution in [-0.2, 0) is 54.2 Å². The Morgan fingerprint density at radius 3 is 2.33 bits per heavy atom. The Morgan fingerprint density at radius 2 is 1.64 bits per heavy atom. The van der Waals surface area contributed by atoms with Crippen molar-refractivity contribution in [3.05, 3.63) is 59.5 Å². The third kappa shape index (κ3) is 15.7. The van der Waals surface area contributed by atoms with Crippen LogP contribution in [0.3, 0.4) is 0 Å². The average Bonchev–Trinajstić information content (AvgIpc) is 3.82.